The lowest BCUT2D eigenvalue weighted by Gasteiger charge is -2.38. The summed E-state index contributed by atoms with van der Waals surface area (Å²) in [6.07, 6.45) is 2.41. The van der Waals surface area contributed by atoms with E-state index in [9.17, 15) is 24.3 Å². The van der Waals surface area contributed by atoms with E-state index in [0.29, 0.717) is 38.8 Å². The molecule has 1 aliphatic heterocycles. The molecule has 3 N–H and O–H groups in total. The van der Waals surface area contributed by atoms with Crippen LogP contribution in [0.5, 0.6) is 0 Å². The van der Waals surface area contributed by atoms with Crippen LogP contribution < -0.4 is 10.6 Å². The van der Waals surface area contributed by atoms with Gasteiger partial charge in [0.25, 0.3) is 0 Å². The molecule has 2 fully saturated rings. The Hall–Kier alpha value is -4.90. The minimum atomic E-state index is -1.08. The number of benzene rings is 3. The van der Waals surface area contributed by atoms with Gasteiger partial charge in [0.05, 0.1) is 12.1 Å². The Morgan fingerprint density at radius 2 is 1.35 bits per heavy atom. The number of carbonyl (C=O) groups excluding carboxylic acids is 4. The third kappa shape index (κ3) is 11.8. The topological polar surface area (TPSA) is 138 Å². The number of hydrogen-bond donors (Lipinski definition) is 3. The van der Waals surface area contributed by atoms with E-state index in [4.69, 9.17) is 9.47 Å². The number of rotatable bonds is 16. The fraction of sp³-hybridized carbons (Fsp3) is 0.488. The van der Waals surface area contributed by atoms with Gasteiger partial charge in [0.15, 0.2) is 0 Å². The van der Waals surface area contributed by atoms with E-state index < -0.39 is 36.3 Å². The zero-order chi connectivity index (χ0) is 38.5. The van der Waals surface area contributed by atoms with E-state index >= 15 is 0 Å². The lowest BCUT2D eigenvalue weighted by Crippen LogP contribution is -2.56. The van der Waals surface area contributed by atoms with E-state index in [1.807, 2.05) is 105 Å². The van der Waals surface area contributed by atoms with Gasteiger partial charge in [-0.25, -0.2) is 9.59 Å². The van der Waals surface area contributed by atoms with Crippen molar-refractivity contribution in [1.82, 2.24) is 20.4 Å². The number of hydrogen-bond acceptors (Lipinski definition) is 7. The first-order chi connectivity index (χ1) is 26.1. The molecule has 1 saturated carbocycles. The third-order valence-corrected chi connectivity index (χ3v) is 10.7. The van der Waals surface area contributed by atoms with Gasteiger partial charge in [0.2, 0.25) is 11.8 Å². The zero-order valence-electron chi connectivity index (χ0n) is 31.8. The van der Waals surface area contributed by atoms with E-state index in [-0.39, 0.29) is 42.9 Å². The summed E-state index contributed by atoms with van der Waals surface area (Å²) in [5.74, 6) is -1.41. The summed E-state index contributed by atoms with van der Waals surface area (Å²) < 4.78 is 11.1. The molecule has 2 aliphatic rings. The Balaban J connectivity index is 1.22. The lowest BCUT2D eigenvalue weighted by atomic mass is 9.88. The number of carbonyl (C=O) groups is 4. The summed E-state index contributed by atoms with van der Waals surface area (Å²) in [6.45, 7) is 4.88. The van der Waals surface area contributed by atoms with E-state index in [2.05, 4.69) is 10.6 Å². The van der Waals surface area contributed by atoms with Crippen LogP contribution in [0, 0.1) is 11.8 Å². The Morgan fingerprint density at radius 3 is 1.89 bits per heavy atom. The van der Waals surface area contributed by atoms with Gasteiger partial charge in [-0.05, 0) is 74.0 Å². The molecule has 5 rings (SSSR count). The monoisotopic (exact) mass is 740 g/mol. The number of piperidine rings is 1. The molecule has 290 valence electrons. The van der Waals surface area contributed by atoms with Crippen molar-refractivity contribution in [3.8, 4) is 0 Å². The van der Waals surface area contributed by atoms with Crippen LogP contribution in [0.3, 0.4) is 0 Å². The molecule has 54 heavy (non-hydrogen) atoms. The van der Waals surface area contributed by atoms with Crippen LogP contribution >= 0.6 is 0 Å². The molecule has 0 aromatic heterocycles. The zero-order valence-corrected chi connectivity index (χ0v) is 31.8. The molecule has 0 bridgehead atoms. The number of nitrogens with zero attached hydrogens (tertiary/aromatic N) is 2. The van der Waals surface area contributed by atoms with Gasteiger partial charge in [0, 0.05) is 32.1 Å². The highest BCUT2D eigenvalue weighted by Crippen LogP contribution is 2.24. The second-order valence-corrected chi connectivity index (χ2v) is 15.0. The maximum Gasteiger partial charge on any atom is 0.410 e. The van der Waals surface area contributed by atoms with Crippen LogP contribution in [0.15, 0.2) is 91.0 Å². The van der Waals surface area contributed by atoms with Crippen molar-refractivity contribution in [2.75, 3.05) is 20.1 Å². The minimum absolute atomic E-state index is 0.0546. The van der Waals surface area contributed by atoms with Gasteiger partial charge in [0.1, 0.15) is 18.8 Å². The summed E-state index contributed by atoms with van der Waals surface area (Å²) in [5, 5.41) is 17.7. The molecule has 3 aromatic carbocycles. The summed E-state index contributed by atoms with van der Waals surface area (Å²) in [7, 11) is 1.73. The minimum Gasteiger partial charge on any atom is -0.446 e. The molecule has 0 radical (unpaired) electrons. The molecule has 1 saturated heterocycles. The molecule has 1 aliphatic carbocycles. The Morgan fingerprint density at radius 1 is 0.796 bits per heavy atom. The fourth-order valence-corrected chi connectivity index (χ4v) is 7.04. The highest BCUT2D eigenvalue weighted by molar-refractivity contribution is 5.89. The molecule has 4 amide bonds. The average molecular weight is 741 g/mol. The van der Waals surface area contributed by atoms with Crippen molar-refractivity contribution in [2.24, 2.45) is 11.8 Å². The molecule has 0 unspecified atom stereocenters. The summed E-state index contributed by atoms with van der Waals surface area (Å²) in [5.41, 5.74) is 2.76. The van der Waals surface area contributed by atoms with Gasteiger partial charge in [-0.1, -0.05) is 105 Å². The van der Waals surface area contributed by atoms with Gasteiger partial charge >= 0.3 is 12.2 Å². The number of ether oxygens (including phenoxy) is 2. The number of alkyl carbamates (subject to hydrolysis) is 1. The average Bonchev–Trinajstić information content (AvgIpc) is 3.17. The predicted molar refractivity (Wildman–Crippen MR) is 206 cm³/mol. The Bertz CT molecular complexity index is 1630. The van der Waals surface area contributed by atoms with Gasteiger partial charge in [-0.3, -0.25) is 9.59 Å². The normalized spacial score (nSPS) is 17.0. The molecular formula is C43H56N4O7. The van der Waals surface area contributed by atoms with Crippen LogP contribution in [0.2, 0.25) is 0 Å². The largest absolute Gasteiger partial charge is 0.446 e. The van der Waals surface area contributed by atoms with Crippen LogP contribution in [0.4, 0.5) is 9.59 Å². The maximum absolute atomic E-state index is 14.2. The van der Waals surface area contributed by atoms with Gasteiger partial charge < -0.3 is 35.0 Å². The van der Waals surface area contributed by atoms with Crippen molar-refractivity contribution >= 4 is 24.0 Å². The van der Waals surface area contributed by atoms with E-state index in [0.717, 1.165) is 36.0 Å². The fourth-order valence-electron chi connectivity index (χ4n) is 7.04. The molecule has 11 heteroatoms. The summed E-state index contributed by atoms with van der Waals surface area (Å²) in [4.78, 5) is 57.2. The van der Waals surface area contributed by atoms with E-state index in [1.54, 1.807) is 16.8 Å². The number of nitrogens with one attached hydrogen (secondary N) is 2. The number of aliphatic hydroxyl groups excluding tert-OH is 1. The maximum atomic E-state index is 14.2. The summed E-state index contributed by atoms with van der Waals surface area (Å²) in [6, 6.07) is 27.1. The predicted octanol–water partition coefficient (Wildman–Crippen LogP) is 5.89. The molecule has 0 spiro atoms. The second kappa shape index (κ2) is 20.0. The molecule has 11 nitrogen and oxygen atoms in total. The van der Waals surface area contributed by atoms with Crippen LogP contribution in [0.25, 0.3) is 0 Å². The van der Waals surface area contributed by atoms with Crippen molar-refractivity contribution in [3.05, 3.63) is 108 Å². The smallest absolute Gasteiger partial charge is 0.410 e. The summed E-state index contributed by atoms with van der Waals surface area (Å²) >= 11 is 0. The highest BCUT2D eigenvalue weighted by Gasteiger charge is 2.36. The molecule has 4 atom stereocenters. The number of likely N-dealkylation sites (tertiary alicyclic amines) is 1. The van der Waals surface area contributed by atoms with Crippen molar-refractivity contribution < 1.29 is 33.8 Å². The molecule has 3 aromatic rings. The molecule has 1 heterocycles. The van der Waals surface area contributed by atoms with Crippen molar-refractivity contribution in [1.29, 1.82) is 0 Å². The molecular weight excluding hydrogens is 684 g/mol. The highest BCUT2D eigenvalue weighted by atomic mass is 16.6. The van der Waals surface area contributed by atoms with Crippen molar-refractivity contribution in [2.45, 2.75) is 102 Å². The number of amides is 4. The quantitative estimate of drug-likeness (QED) is 0.167. The first-order valence-corrected chi connectivity index (χ1v) is 19.3. The SMILES string of the molecule is CC(C)[C@H](NC(=O)[C@@H](Cc1ccccc1)C[C@@H](O)[C@H](Cc1ccccc1)NC(=O)OC1CCC1)C(=O)N1CCC(N(C)C(=O)OCc2ccccc2)CC1. The van der Waals surface area contributed by atoms with E-state index in [1.165, 1.54) is 0 Å². The van der Waals surface area contributed by atoms with Gasteiger partial charge in [-0.15, -0.1) is 0 Å². The van der Waals surface area contributed by atoms with Crippen LogP contribution in [-0.4, -0.2) is 89.4 Å². The van der Waals surface area contributed by atoms with Crippen molar-refractivity contribution in [3.63, 3.8) is 0 Å². The first-order valence-electron chi connectivity index (χ1n) is 19.3. The van der Waals surface area contributed by atoms with Gasteiger partial charge in [-0.2, -0.15) is 0 Å². The first kappa shape index (κ1) is 40.3. The second-order valence-electron chi connectivity index (χ2n) is 15.0. The number of aliphatic hydroxyl groups is 1. The Labute approximate surface area is 319 Å². The lowest BCUT2D eigenvalue weighted by molar-refractivity contribution is -0.140. The van der Waals surface area contributed by atoms with Crippen LogP contribution in [-0.2, 0) is 38.5 Å². The van der Waals surface area contributed by atoms with Crippen LogP contribution in [0.1, 0.15) is 69.1 Å². The third-order valence-electron chi connectivity index (χ3n) is 10.7. The Kier molecular flexibility index (Phi) is 14.9. The standard InChI is InChI=1S/C43H56N4O7/c1-30(2)39(41(50)47-24-22-35(23-25-47)46(3)43(52)53-29-33-18-11-6-12-19-33)45-40(49)34(26-31-14-7-4-8-15-31)28-38(48)37(27-32-16-9-5-10-17-32)44-42(51)54-36-20-13-21-36/h4-12,14-19,30,34-39,48H,13,20-29H2,1-3H3,(H,44,51)(H,45,49)/t34-,37-,38+,39-/m0/s1.